The fourth-order valence-corrected chi connectivity index (χ4v) is 3.52. The molecule has 1 fully saturated rings. The van der Waals surface area contributed by atoms with Gasteiger partial charge in [-0.15, -0.1) is 11.3 Å². The first-order valence-corrected chi connectivity index (χ1v) is 9.07. The van der Waals surface area contributed by atoms with E-state index >= 15 is 0 Å². The molecule has 1 aromatic heterocycles. The SMILES string of the molecule is CCOC(=O)C1=C(CN2CCCC(F)(F)C2)NC(c2nccs2)=NC1. The number of aromatic nitrogens is 1. The van der Waals surface area contributed by atoms with Crippen LogP contribution >= 0.6 is 11.3 Å². The quantitative estimate of drug-likeness (QED) is 0.804. The minimum absolute atomic E-state index is 0.0907. The van der Waals surface area contributed by atoms with E-state index in [4.69, 9.17) is 4.74 Å². The zero-order valence-corrected chi connectivity index (χ0v) is 14.7. The minimum Gasteiger partial charge on any atom is -0.463 e. The third-order valence-electron chi connectivity index (χ3n) is 4.04. The molecule has 0 unspecified atom stereocenters. The Hall–Kier alpha value is -1.87. The fraction of sp³-hybridized carbons (Fsp3) is 0.562. The van der Waals surface area contributed by atoms with Gasteiger partial charge < -0.3 is 10.1 Å². The normalized spacial score (nSPS) is 20.8. The number of alkyl halides is 2. The molecule has 2 aliphatic rings. The molecule has 0 radical (unpaired) electrons. The van der Waals surface area contributed by atoms with Crippen LogP contribution in [-0.4, -0.2) is 60.4 Å². The topological polar surface area (TPSA) is 66.8 Å². The molecule has 3 heterocycles. The predicted octanol–water partition coefficient (Wildman–Crippen LogP) is 2.04. The predicted molar refractivity (Wildman–Crippen MR) is 90.9 cm³/mol. The number of nitrogens with zero attached hydrogens (tertiary/aromatic N) is 3. The standard InChI is InChI=1S/C16H20F2N4O2S/c1-2-24-15(23)11-8-20-13(14-19-5-7-25-14)21-12(11)9-22-6-3-4-16(17,18)10-22/h5,7H,2-4,6,8-10H2,1H3,(H,20,21). The van der Waals surface area contributed by atoms with Crippen LogP contribution < -0.4 is 5.32 Å². The molecule has 136 valence electrons. The first-order valence-electron chi connectivity index (χ1n) is 8.19. The van der Waals surface area contributed by atoms with Gasteiger partial charge in [0.05, 0.1) is 25.3 Å². The summed E-state index contributed by atoms with van der Waals surface area (Å²) in [4.78, 5) is 22.4. The number of amidine groups is 1. The van der Waals surface area contributed by atoms with E-state index < -0.39 is 11.9 Å². The number of carbonyl (C=O) groups is 1. The van der Waals surface area contributed by atoms with Crippen molar-refractivity contribution < 1.29 is 18.3 Å². The number of aliphatic imine (C=N–C) groups is 1. The van der Waals surface area contributed by atoms with E-state index in [0.717, 1.165) is 0 Å². The average molecular weight is 370 g/mol. The highest BCUT2D eigenvalue weighted by atomic mass is 32.1. The monoisotopic (exact) mass is 370 g/mol. The molecule has 0 saturated carbocycles. The second-order valence-electron chi connectivity index (χ2n) is 5.97. The lowest BCUT2D eigenvalue weighted by atomic mass is 10.1. The van der Waals surface area contributed by atoms with E-state index in [-0.39, 0.29) is 32.7 Å². The van der Waals surface area contributed by atoms with Crippen LogP contribution in [0.3, 0.4) is 0 Å². The van der Waals surface area contributed by atoms with Crippen molar-refractivity contribution in [3.05, 3.63) is 27.9 Å². The van der Waals surface area contributed by atoms with Gasteiger partial charge in [0.1, 0.15) is 0 Å². The van der Waals surface area contributed by atoms with Gasteiger partial charge >= 0.3 is 5.97 Å². The maximum absolute atomic E-state index is 13.7. The molecule has 0 bridgehead atoms. The molecule has 0 aromatic carbocycles. The largest absolute Gasteiger partial charge is 0.463 e. The van der Waals surface area contributed by atoms with Crippen LogP contribution in [-0.2, 0) is 9.53 Å². The molecule has 25 heavy (non-hydrogen) atoms. The molecular weight excluding hydrogens is 350 g/mol. The molecular formula is C16H20F2N4O2S. The Morgan fingerprint density at radius 1 is 1.52 bits per heavy atom. The van der Waals surface area contributed by atoms with E-state index in [0.29, 0.717) is 35.1 Å². The Kier molecular flexibility index (Phi) is 5.43. The third-order valence-corrected chi connectivity index (χ3v) is 4.82. The summed E-state index contributed by atoms with van der Waals surface area (Å²) in [7, 11) is 0. The number of carbonyl (C=O) groups excluding carboxylic acids is 1. The Labute approximate surface area is 148 Å². The molecule has 0 atom stereocenters. The van der Waals surface area contributed by atoms with Crippen LogP contribution in [0.1, 0.15) is 24.8 Å². The van der Waals surface area contributed by atoms with Crippen molar-refractivity contribution >= 4 is 23.1 Å². The van der Waals surface area contributed by atoms with Crippen molar-refractivity contribution in [3.8, 4) is 0 Å². The van der Waals surface area contributed by atoms with Crippen molar-refractivity contribution in [2.45, 2.75) is 25.7 Å². The number of thiazole rings is 1. The number of halogens is 2. The molecule has 1 saturated heterocycles. The van der Waals surface area contributed by atoms with Crippen molar-refractivity contribution in [2.75, 3.05) is 32.8 Å². The number of likely N-dealkylation sites (tertiary alicyclic amines) is 1. The second-order valence-corrected chi connectivity index (χ2v) is 6.87. The molecule has 9 heteroatoms. The number of piperidine rings is 1. The highest BCUT2D eigenvalue weighted by molar-refractivity contribution is 7.11. The van der Waals surface area contributed by atoms with E-state index in [9.17, 15) is 13.6 Å². The van der Waals surface area contributed by atoms with Crippen LogP contribution in [0.4, 0.5) is 8.78 Å². The number of hydrogen-bond donors (Lipinski definition) is 1. The van der Waals surface area contributed by atoms with E-state index in [1.807, 2.05) is 5.38 Å². The Morgan fingerprint density at radius 3 is 3.04 bits per heavy atom. The van der Waals surface area contributed by atoms with Crippen molar-refractivity contribution in [1.29, 1.82) is 0 Å². The molecule has 1 N–H and O–H groups in total. The first kappa shape index (κ1) is 17.9. The van der Waals surface area contributed by atoms with Crippen LogP contribution in [0.25, 0.3) is 0 Å². The fourth-order valence-electron chi connectivity index (χ4n) is 2.92. The average Bonchev–Trinajstić information content (AvgIpc) is 3.08. The van der Waals surface area contributed by atoms with Gasteiger partial charge in [-0.25, -0.2) is 18.6 Å². The van der Waals surface area contributed by atoms with Gasteiger partial charge in [0.25, 0.3) is 5.92 Å². The molecule has 2 aliphatic heterocycles. The van der Waals surface area contributed by atoms with E-state index in [1.165, 1.54) is 11.3 Å². The first-order chi connectivity index (χ1) is 12.0. The summed E-state index contributed by atoms with van der Waals surface area (Å²) in [5.74, 6) is -2.60. The van der Waals surface area contributed by atoms with Gasteiger partial charge in [0.15, 0.2) is 10.8 Å². The van der Waals surface area contributed by atoms with Gasteiger partial charge in [0, 0.05) is 30.2 Å². The summed E-state index contributed by atoms with van der Waals surface area (Å²) in [5.41, 5.74) is 0.951. The van der Waals surface area contributed by atoms with Crippen molar-refractivity contribution in [3.63, 3.8) is 0 Å². The van der Waals surface area contributed by atoms with Gasteiger partial charge in [-0.05, 0) is 19.9 Å². The van der Waals surface area contributed by atoms with Gasteiger partial charge in [-0.3, -0.25) is 9.89 Å². The smallest absolute Gasteiger partial charge is 0.337 e. The molecule has 0 amide bonds. The lowest BCUT2D eigenvalue weighted by Gasteiger charge is -2.34. The number of rotatable bonds is 5. The second kappa shape index (κ2) is 7.57. The van der Waals surface area contributed by atoms with Gasteiger partial charge in [0.2, 0.25) is 0 Å². The van der Waals surface area contributed by atoms with Crippen molar-refractivity contribution in [2.24, 2.45) is 4.99 Å². The number of esters is 1. The lowest BCUT2D eigenvalue weighted by Crippen LogP contribution is -2.46. The molecule has 0 spiro atoms. The summed E-state index contributed by atoms with van der Waals surface area (Å²) >= 11 is 1.42. The lowest BCUT2D eigenvalue weighted by molar-refractivity contribution is -0.138. The van der Waals surface area contributed by atoms with Gasteiger partial charge in [-0.1, -0.05) is 0 Å². The van der Waals surface area contributed by atoms with E-state index in [2.05, 4.69) is 15.3 Å². The highest BCUT2D eigenvalue weighted by Gasteiger charge is 2.36. The van der Waals surface area contributed by atoms with E-state index in [1.54, 1.807) is 18.0 Å². The molecule has 6 nitrogen and oxygen atoms in total. The summed E-state index contributed by atoms with van der Waals surface area (Å²) in [6, 6.07) is 0. The molecule has 3 rings (SSSR count). The summed E-state index contributed by atoms with van der Waals surface area (Å²) < 4.78 is 32.4. The zero-order valence-electron chi connectivity index (χ0n) is 13.9. The minimum atomic E-state index is -2.69. The van der Waals surface area contributed by atoms with Crippen molar-refractivity contribution in [1.82, 2.24) is 15.2 Å². The summed E-state index contributed by atoms with van der Waals surface area (Å²) in [5, 5.41) is 5.64. The van der Waals surface area contributed by atoms with Crippen LogP contribution in [0.5, 0.6) is 0 Å². The number of nitrogens with one attached hydrogen (secondary N) is 1. The number of ether oxygens (including phenoxy) is 1. The highest BCUT2D eigenvalue weighted by Crippen LogP contribution is 2.27. The Morgan fingerprint density at radius 2 is 2.36 bits per heavy atom. The summed E-state index contributed by atoms with van der Waals surface area (Å²) in [6.45, 7) is 2.62. The Balaban J connectivity index is 1.79. The Bertz CT molecular complexity index is 688. The maximum Gasteiger partial charge on any atom is 0.337 e. The zero-order chi connectivity index (χ0) is 17.9. The van der Waals surface area contributed by atoms with Crippen LogP contribution in [0, 0.1) is 0 Å². The molecule has 1 aromatic rings. The number of hydrogen-bond acceptors (Lipinski definition) is 7. The maximum atomic E-state index is 13.7. The van der Waals surface area contributed by atoms with Gasteiger partial charge in [-0.2, -0.15) is 0 Å². The van der Waals surface area contributed by atoms with Crippen LogP contribution in [0.15, 0.2) is 27.8 Å². The third kappa shape index (κ3) is 4.40. The summed E-state index contributed by atoms with van der Waals surface area (Å²) in [6.07, 6.45) is 2.01. The molecule has 0 aliphatic carbocycles. The van der Waals surface area contributed by atoms with Crippen LogP contribution in [0.2, 0.25) is 0 Å².